The molecule has 1 saturated carbocycles. The highest BCUT2D eigenvalue weighted by atomic mass is 35.5. The monoisotopic (exact) mass is 392 g/mol. The van der Waals surface area contributed by atoms with Crippen LogP contribution < -0.4 is 5.32 Å². The van der Waals surface area contributed by atoms with Crippen LogP contribution in [0.5, 0.6) is 0 Å². The van der Waals surface area contributed by atoms with Crippen LogP contribution in [0.25, 0.3) is 11.0 Å². The molecule has 27 heavy (non-hydrogen) atoms. The molecule has 0 radical (unpaired) electrons. The Kier molecular flexibility index (Phi) is 6.07. The molecule has 1 aromatic heterocycles. The molecule has 1 fully saturated rings. The van der Waals surface area contributed by atoms with Gasteiger partial charge in [0.15, 0.2) is 0 Å². The first-order valence-corrected chi connectivity index (χ1v) is 9.62. The third-order valence-corrected chi connectivity index (χ3v) is 4.94. The number of nitrogens with one attached hydrogen (secondary N) is 1. The number of carbonyl (C=O) groups excluding carboxylic acids is 2. The summed E-state index contributed by atoms with van der Waals surface area (Å²) in [4.78, 5) is 26.8. The van der Waals surface area contributed by atoms with Gasteiger partial charge in [-0.05, 0) is 50.8 Å². The predicted octanol–water partition coefficient (Wildman–Crippen LogP) is 3.48. The molecule has 0 saturated heterocycles. The van der Waals surface area contributed by atoms with Gasteiger partial charge < -0.3 is 19.4 Å². The molecule has 2 unspecified atom stereocenters. The second kappa shape index (κ2) is 8.31. The first kappa shape index (κ1) is 19.7. The van der Waals surface area contributed by atoms with Crippen molar-refractivity contribution in [2.75, 3.05) is 20.2 Å². The van der Waals surface area contributed by atoms with Gasteiger partial charge in [-0.25, -0.2) is 0 Å². The number of furan rings is 1. The second-order valence-electron chi connectivity index (χ2n) is 7.10. The van der Waals surface area contributed by atoms with Gasteiger partial charge >= 0.3 is 0 Å². The number of likely N-dealkylation sites (N-methyl/N-ethyl adjacent to an activating group) is 1. The highest BCUT2D eigenvalue weighted by Gasteiger charge is 2.37. The summed E-state index contributed by atoms with van der Waals surface area (Å²) in [6.07, 6.45) is 3.11. The van der Waals surface area contributed by atoms with Crippen molar-refractivity contribution in [1.29, 1.82) is 0 Å². The number of rotatable bonds is 8. The Morgan fingerprint density at radius 1 is 1.41 bits per heavy atom. The number of fused-ring (bicyclic) bond motifs is 1. The van der Waals surface area contributed by atoms with Crippen LogP contribution in [0, 0.1) is 5.92 Å². The van der Waals surface area contributed by atoms with Gasteiger partial charge in [-0.1, -0.05) is 11.6 Å². The quantitative estimate of drug-likeness (QED) is 0.746. The van der Waals surface area contributed by atoms with Crippen LogP contribution in [0.15, 0.2) is 28.9 Å². The van der Waals surface area contributed by atoms with E-state index in [9.17, 15) is 9.59 Å². The van der Waals surface area contributed by atoms with Gasteiger partial charge in [0.2, 0.25) is 5.91 Å². The third-order valence-electron chi connectivity index (χ3n) is 4.70. The summed E-state index contributed by atoms with van der Waals surface area (Å²) in [5.74, 6) is 0.0347. The lowest BCUT2D eigenvalue weighted by molar-refractivity contribution is -0.134. The van der Waals surface area contributed by atoms with Crippen molar-refractivity contribution in [3.05, 3.63) is 35.0 Å². The molecule has 7 heteroatoms. The van der Waals surface area contributed by atoms with Crippen LogP contribution in [-0.4, -0.2) is 49.1 Å². The Morgan fingerprint density at radius 3 is 2.81 bits per heavy atom. The van der Waals surface area contributed by atoms with Gasteiger partial charge in [-0.15, -0.1) is 0 Å². The zero-order valence-electron chi connectivity index (χ0n) is 15.8. The van der Waals surface area contributed by atoms with Gasteiger partial charge in [0, 0.05) is 36.7 Å². The van der Waals surface area contributed by atoms with Crippen LogP contribution in [0.1, 0.15) is 37.0 Å². The maximum atomic E-state index is 12.8. The molecular weight excluding hydrogens is 368 g/mol. The molecule has 1 aliphatic carbocycles. The summed E-state index contributed by atoms with van der Waals surface area (Å²) in [6.45, 7) is 4.65. The van der Waals surface area contributed by atoms with E-state index in [2.05, 4.69) is 5.32 Å². The van der Waals surface area contributed by atoms with Crippen LogP contribution in [0.2, 0.25) is 5.02 Å². The van der Waals surface area contributed by atoms with E-state index in [1.165, 1.54) is 6.26 Å². The molecule has 2 atom stereocenters. The summed E-state index contributed by atoms with van der Waals surface area (Å²) in [5.41, 5.74) is 1.07. The minimum absolute atomic E-state index is 0.103. The molecule has 6 nitrogen and oxygen atoms in total. The van der Waals surface area contributed by atoms with Crippen molar-refractivity contribution in [3.63, 3.8) is 0 Å². The molecule has 1 aromatic carbocycles. The summed E-state index contributed by atoms with van der Waals surface area (Å²) < 4.78 is 11.0. The van der Waals surface area contributed by atoms with E-state index in [0.29, 0.717) is 40.6 Å². The van der Waals surface area contributed by atoms with Gasteiger partial charge in [0.05, 0.1) is 5.56 Å². The molecule has 0 bridgehead atoms. The Bertz CT molecular complexity index is 830. The number of carbonyl (C=O) groups is 2. The Labute approximate surface area is 163 Å². The fourth-order valence-corrected chi connectivity index (χ4v) is 3.41. The van der Waals surface area contributed by atoms with Crippen LogP contribution in [0.3, 0.4) is 0 Å². The van der Waals surface area contributed by atoms with Crippen molar-refractivity contribution in [2.24, 2.45) is 5.92 Å². The number of nitrogens with zero attached hydrogens (tertiary/aromatic N) is 1. The molecule has 1 N–H and O–H groups in total. The number of hydrogen-bond acceptors (Lipinski definition) is 4. The van der Waals surface area contributed by atoms with Gasteiger partial charge in [0.25, 0.3) is 5.91 Å². The van der Waals surface area contributed by atoms with E-state index in [0.717, 1.165) is 12.8 Å². The molecular formula is C20H25ClN2O4. The van der Waals surface area contributed by atoms with Crippen molar-refractivity contribution in [1.82, 2.24) is 10.2 Å². The van der Waals surface area contributed by atoms with Crippen molar-refractivity contribution in [3.8, 4) is 0 Å². The average Bonchev–Trinajstić information content (AvgIpc) is 3.38. The first-order valence-electron chi connectivity index (χ1n) is 9.25. The molecule has 1 aliphatic rings. The Morgan fingerprint density at radius 2 is 2.15 bits per heavy atom. The fourth-order valence-electron chi connectivity index (χ4n) is 3.24. The minimum Gasteiger partial charge on any atom is -0.463 e. The zero-order chi connectivity index (χ0) is 19.6. The number of benzene rings is 1. The normalized spacial score (nSPS) is 16.1. The molecule has 0 aliphatic heterocycles. The maximum Gasteiger partial charge on any atom is 0.257 e. The smallest absolute Gasteiger partial charge is 0.257 e. The summed E-state index contributed by atoms with van der Waals surface area (Å²) in [5, 5.41) is 4.19. The standard InChI is InChI=1S/C20H25ClN2O4/c1-4-26-18(13-5-6-13)19(24)22-12(2)10-23(3)20(25)16-11-27-17-8-7-14(21)9-15(16)17/h7-9,11-13,18H,4-6,10H2,1-3H3,(H,22,24). The predicted molar refractivity (Wildman–Crippen MR) is 104 cm³/mol. The largest absolute Gasteiger partial charge is 0.463 e. The fraction of sp³-hybridized carbons (Fsp3) is 0.500. The number of amides is 2. The minimum atomic E-state index is -0.390. The highest BCUT2D eigenvalue weighted by Crippen LogP contribution is 2.34. The van der Waals surface area contributed by atoms with E-state index in [1.807, 2.05) is 13.8 Å². The Hall–Kier alpha value is -2.05. The van der Waals surface area contributed by atoms with E-state index in [1.54, 1.807) is 30.1 Å². The molecule has 0 spiro atoms. The van der Waals surface area contributed by atoms with Crippen LogP contribution in [-0.2, 0) is 9.53 Å². The molecule has 2 amide bonds. The van der Waals surface area contributed by atoms with E-state index in [-0.39, 0.29) is 17.9 Å². The molecule has 2 aromatic rings. The third kappa shape index (κ3) is 4.62. The zero-order valence-corrected chi connectivity index (χ0v) is 16.6. The lowest BCUT2D eigenvalue weighted by atomic mass is 10.1. The number of ether oxygens (including phenoxy) is 1. The lowest BCUT2D eigenvalue weighted by Crippen LogP contribution is -2.47. The van der Waals surface area contributed by atoms with Gasteiger partial charge in [0.1, 0.15) is 18.0 Å². The summed E-state index contributed by atoms with van der Waals surface area (Å²) in [6, 6.07) is 4.98. The summed E-state index contributed by atoms with van der Waals surface area (Å²) >= 11 is 6.03. The van der Waals surface area contributed by atoms with Gasteiger partial charge in [-0.3, -0.25) is 9.59 Å². The molecule has 1 heterocycles. The number of hydrogen-bond donors (Lipinski definition) is 1. The molecule has 146 valence electrons. The van der Waals surface area contributed by atoms with Gasteiger partial charge in [-0.2, -0.15) is 0 Å². The van der Waals surface area contributed by atoms with Crippen LogP contribution >= 0.6 is 11.6 Å². The topological polar surface area (TPSA) is 71.8 Å². The lowest BCUT2D eigenvalue weighted by Gasteiger charge is -2.24. The average molecular weight is 393 g/mol. The van der Waals surface area contributed by atoms with E-state index in [4.69, 9.17) is 20.8 Å². The number of halogens is 1. The summed E-state index contributed by atoms with van der Waals surface area (Å²) in [7, 11) is 1.70. The SMILES string of the molecule is CCOC(C(=O)NC(C)CN(C)C(=O)c1coc2ccc(Cl)cc12)C1CC1. The first-order chi connectivity index (χ1) is 12.9. The van der Waals surface area contributed by atoms with Crippen molar-refractivity contribution in [2.45, 2.75) is 38.8 Å². The van der Waals surface area contributed by atoms with Crippen LogP contribution in [0.4, 0.5) is 0 Å². The Balaban J connectivity index is 1.61. The second-order valence-corrected chi connectivity index (χ2v) is 7.53. The van der Waals surface area contributed by atoms with E-state index < -0.39 is 6.10 Å². The maximum absolute atomic E-state index is 12.8. The van der Waals surface area contributed by atoms with E-state index >= 15 is 0 Å². The van der Waals surface area contributed by atoms with Crippen molar-refractivity contribution >= 4 is 34.4 Å². The van der Waals surface area contributed by atoms with Crippen molar-refractivity contribution < 1.29 is 18.7 Å². The molecule has 3 rings (SSSR count). The highest BCUT2D eigenvalue weighted by molar-refractivity contribution is 6.31.